The Morgan fingerprint density at radius 2 is 2.47 bits per heavy atom. The van der Waals surface area contributed by atoms with E-state index in [0.717, 1.165) is 18.5 Å². The van der Waals surface area contributed by atoms with Crippen molar-refractivity contribution in [3.8, 4) is 0 Å². The molecule has 15 heavy (non-hydrogen) atoms. The van der Waals surface area contributed by atoms with E-state index in [1.54, 1.807) is 0 Å². The molecule has 1 N–H and O–H groups in total. The molecular weight excluding hydrogens is 192 g/mol. The summed E-state index contributed by atoms with van der Waals surface area (Å²) < 4.78 is 5.36. The summed E-state index contributed by atoms with van der Waals surface area (Å²) in [6, 6.07) is 0.00569. The summed E-state index contributed by atoms with van der Waals surface area (Å²) in [5.41, 5.74) is 1.01. The summed E-state index contributed by atoms with van der Waals surface area (Å²) >= 11 is 0. The molecule has 1 aliphatic rings. The number of amides is 1. The molecule has 0 radical (unpaired) electrons. The van der Waals surface area contributed by atoms with Gasteiger partial charge in [0.15, 0.2) is 0 Å². The van der Waals surface area contributed by atoms with Gasteiger partial charge in [-0.25, -0.2) is 0 Å². The van der Waals surface area contributed by atoms with Gasteiger partial charge in [-0.3, -0.25) is 4.79 Å². The molecule has 0 aliphatic carbocycles. The Balaban J connectivity index is 2.17. The lowest BCUT2D eigenvalue weighted by Gasteiger charge is -2.16. The summed E-state index contributed by atoms with van der Waals surface area (Å²) in [6.07, 6.45) is 0.899. The zero-order valence-corrected chi connectivity index (χ0v) is 9.58. The van der Waals surface area contributed by atoms with E-state index in [2.05, 4.69) is 11.9 Å². The third kappa shape index (κ3) is 3.64. The largest absolute Gasteiger partial charge is 0.375 e. The SMILES string of the molecule is C=C(C)COCCN1CCC(NC)C1=O. The van der Waals surface area contributed by atoms with Gasteiger partial charge in [-0.1, -0.05) is 12.2 Å². The van der Waals surface area contributed by atoms with E-state index in [1.807, 2.05) is 18.9 Å². The molecule has 1 amide bonds. The minimum atomic E-state index is 0.00569. The van der Waals surface area contributed by atoms with Crippen LogP contribution in [0, 0.1) is 0 Å². The topological polar surface area (TPSA) is 41.6 Å². The highest BCUT2D eigenvalue weighted by Crippen LogP contribution is 2.09. The lowest BCUT2D eigenvalue weighted by Crippen LogP contribution is -2.37. The summed E-state index contributed by atoms with van der Waals surface area (Å²) in [7, 11) is 1.82. The summed E-state index contributed by atoms with van der Waals surface area (Å²) in [6.45, 7) is 8.37. The van der Waals surface area contributed by atoms with Crippen LogP contribution in [0.2, 0.25) is 0 Å². The average Bonchev–Trinajstić information content (AvgIpc) is 2.54. The standard InChI is InChI=1S/C11H20N2O2/c1-9(2)8-15-7-6-13-5-4-10(12-3)11(13)14/h10,12H,1,4-8H2,2-3H3. The summed E-state index contributed by atoms with van der Waals surface area (Å²) in [5.74, 6) is 0.191. The van der Waals surface area contributed by atoms with Crippen LogP contribution in [0.3, 0.4) is 0 Å². The van der Waals surface area contributed by atoms with Crippen molar-refractivity contribution >= 4 is 5.91 Å². The lowest BCUT2D eigenvalue weighted by atomic mass is 10.3. The fourth-order valence-corrected chi connectivity index (χ4v) is 1.65. The Morgan fingerprint density at radius 3 is 3.00 bits per heavy atom. The van der Waals surface area contributed by atoms with Gasteiger partial charge in [0.2, 0.25) is 5.91 Å². The van der Waals surface area contributed by atoms with Gasteiger partial charge in [-0.15, -0.1) is 0 Å². The van der Waals surface area contributed by atoms with Crippen molar-refractivity contribution in [1.29, 1.82) is 0 Å². The second kappa shape index (κ2) is 5.88. The molecule has 1 heterocycles. The Labute approximate surface area is 91.3 Å². The monoisotopic (exact) mass is 212 g/mol. The minimum Gasteiger partial charge on any atom is -0.375 e. The molecule has 0 aromatic carbocycles. The molecule has 86 valence electrons. The van der Waals surface area contributed by atoms with Crippen molar-refractivity contribution in [2.24, 2.45) is 0 Å². The van der Waals surface area contributed by atoms with E-state index in [0.29, 0.717) is 19.8 Å². The van der Waals surface area contributed by atoms with Gasteiger partial charge in [-0.05, 0) is 20.4 Å². The highest BCUT2D eigenvalue weighted by Gasteiger charge is 2.29. The van der Waals surface area contributed by atoms with E-state index < -0.39 is 0 Å². The van der Waals surface area contributed by atoms with E-state index in [9.17, 15) is 4.79 Å². The average molecular weight is 212 g/mol. The summed E-state index contributed by atoms with van der Waals surface area (Å²) in [4.78, 5) is 13.5. The number of likely N-dealkylation sites (N-methyl/N-ethyl adjacent to an activating group) is 1. The second-order valence-corrected chi connectivity index (χ2v) is 3.96. The van der Waals surface area contributed by atoms with Gasteiger partial charge in [0, 0.05) is 13.1 Å². The molecule has 1 unspecified atom stereocenters. The van der Waals surface area contributed by atoms with Crippen LogP contribution >= 0.6 is 0 Å². The van der Waals surface area contributed by atoms with Crippen molar-refractivity contribution in [2.75, 3.05) is 33.4 Å². The van der Waals surface area contributed by atoms with Crippen LogP contribution < -0.4 is 5.32 Å². The number of nitrogens with zero attached hydrogens (tertiary/aromatic N) is 1. The molecule has 1 aliphatic heterocycles. The number of hydrogen-bond donors (Lipinski definition) is 1. The highest BCUT2D eigenvalue weighted by molar-refractivity contribution is 5.83. The van der Waals surface area contributed by atoms with Gasteiger partial charge in [-0.2, -0.15) is 0 Å². The first kappa shape index (κ1) is 12.2. The minimum absolute atomic E-state index is 0.00569. The number of nitrogens with one attached hydrogen (secondary N) is 1. The molecule has 1 rings (SSSR count). The zero-order valence-electron chi connectivity index (χ0n) is 9.58. The molecule has 4 nitrogen and oxygen atoms in total. The van der Waals surface area contributed by atoms with Gasteiger partial charge in [0.25, 0.3) is 0 Å². The number of carbonyl (C=O) groups excluding carboxylic acids is 1. The molecule has 4 heteroatoms. The maximum absolute atomic E-state index is 11.7. The van der Waals surface area contributed by atoms with Gasteiger partial charge in [0.1, 0.15) is 0 Å². The van der Waals surface area contributed by atoms with Crippen LogP contribution in [-0.4, -0.2) is 50.2 Å². The normalized spacial score (nSPS) is 21.1. The first-order chi connectivity index (χ1) is 7.15. The quantitative estimate of drug-likeness (QED) is 0.512. The van der Waals surface area contributed by atoms with Crippen molar-refractivity contribution < 1.29 is 9.53 Å². The number of likely N-dealkylation sites (tertiary alicyclic amines) is 1. The fourth-order valence-electron chi connectivity index (χ4n) is 1.65. The first-order valence-electron chi connectivity index (χ1n) is 5.33. The van der Waals surface area contributed by atoms with Crippen LogP contribution in [0.1, 0.15) is 13.3 Å². The van der Waals surface area contributed by atoms with Crippen LogP contribution in [0.4, 0.5) is 0 Å². The van der Waals surface area contributed by atoms with Gasteiger partial charge < -0.3 is 15.0 Å². The predicted molar refractivity (Wildman–Crippen MR) is 59.7 cm³/mol. The van der Waals surface area contributed by atoms with Crippen LogP contribution in [-0.2, 0) is 9.53 Å². The molecule has 0 aromatic rings. The van der Waals surface area contributed by atoms with Gasteiger partial charge in [0.05, 0.1) is 19.3 Å². The molecule has 0 spiro atoms. The molecule has 0 saturated carbocycles. The van der Waals surface area contributed by atoms with Crippen LogP contribution in [0.15, 0.2) is 12.2 Å². The van der Waals surface area contributed by atoms with E-state index in [-0.39, 0.29) is 11.9 Å². The molecular formula is C11H20N2O2. The predicted octanol–water partition coefficient (Wildman–Crippen LogP) is 0.399. The number of rotatable bonds is 6. The molecule has 1 atom stereocenters. The zero-order chi connectivity index (χ0) is 11.3. The third-order valence-corrected chi connectivity index (χ3v) is 2.50. The second-order valence-electron chi connectivity index (χ2n) is 3.96. The fraction of sp³-hybridized carbons (Fsp3) is 0.727. The Hall–Kier alpha value is -0.870. The van der Waals surface area contributed by atoms with Crippen molar-refractivity contribution in [3.05, 3.63) is 12.2 Å². The molecule has 0 bridgehead atoms. The third-order valence-electron chi connectivity index (χ3n) is 2.50. The molecule has 1 saturated heterocycles. The van der Waals surface area contributed by atoms with E-state index in [4.69, 9.17) is 4.74 Å². The Morgan fingerprint density at radius 1 is 1.73 bits per heavy atom. The number of hydrogen-bond acceptors (Lipinski definition) is 3. The van der Waals surface area contributed by atoms with Crippen molar-refractivity contribution in [3.63, 3.8) is 0 Å². The highest BCUT2D eigenvalue weighted by atomic mass is 16.5. The number of carbonyl (C=O) groups is 1. The first-order valence-corrected chi connectivity index (χ1v) is 5.33. The van der Waals surface area contributed by atoms with E-state index in [1.165, 1.54) is 0 Å². The lowest BCUT2D eigenvalue weighted by molar-refractivity contribution is -0.129. The molecule has 0 aromatic heterocycles. The number of ether oxygens (including phenoxy) is 1. The maximum Gasteiger partial charge on any atom is 0.239 e. The smallest absolute Gasteiger partial charge is 0.239 e. The maximum atomic E-state index is 11.7. The van der Waals surface area contributed by atoms with E-state index >= 15 is 0 Å². The van der Waals surface area contributed by atoms with Crippen molar-refractivity contribution in [2.45, 2.75) is 19.4 Å². The summed E-state index contributed by atoms with van der Waals surface area (Å²) in [5, 5.41) is 3.01. The Kier molecular flexibility index (Phi) is 4.78. The van der Waals surface area contributed by atoms with Gasteiger partial charge >= 0.3 is 0 Å². The Bertz CT molecular complexity index is 241. The molecule has 1 fully saturated rings. The van der Waals surface area contributed by atoms with Crippen LogP contribution in [0.25, 0.3) is 0 Å². The van der Waals surface area contributed by atoms with Crippen molar-refractivity contribution in [1.82, 2.24) is 10.2 Å². The van der Waals surface area contributed by atoms with Crippen LogP contribution in [0.5, 0.6) is 0 Å².